The van der Waals surface area contributed by atoms with Gasteiger partial charge in [-0.2, -0.15) is 0 Å². The molecule has 1 aromatic carbocycles. The van der Waals surface area contributed by atoms with Gasteiger partial charge in [0.25, 0.3) is 0 Å². The van der Waals surface area contributed by atoms with Gasteiger partial charge < -0.3 is 5.32 Å². The molecule has 1 saturated carbocycles. The van der Waals surface area contributed by atoms with Crippen molar-refractivity contribution in [1.29, 1.82) is 0 Å². The summed E-state index contributed by atoms with van der Waals surface area (Å²) in [6.07, 6.45) is 5.24. The number of benzene rings is 1. The van der Waals surface area contributed by atoms with Crippen molar-refractivity contribution in [3.8, 4) is 0 Å². The SMILES string of the molecule is CCC(CC)Sc1cccc(CNC2CC2)c1. The molecule has 94 valence electrons. The Balaban J connectivity index is 1.89. The summed E-state index contributed by atoms with van der Waals surface area (Å²) >= 11 is 2.02. The van der Waals surface area contributed by atoms with Crippen molar-refractivity contribution in [3.63, 3.8) is 0 Å². The highest BCUT2D eigenvalue weighted by Gasteiger charge is 2.19. The molecule has 0 aromatic heterocycles. The summed E-state index contributed by atoms with van der Waals surface area (Å²) in [4.78, 5) is 1.42. The molecule has 2 heteroatoms. The molecular weight excluding hydrogens is 226 g/mol. The second-order valence-electron chi connectivity index (χ2n) is 4.86. The molecule has 1 aliphatic rings. The molecule has 1 N–H and O–H groups in total. The average molecular weight is 249 g/mol. The van der Waals surface area contributed by atoms with E-state index in [2.05, 4.69) is 43.4 Å². The van der Waals surface area contributed by atoms with Gasteiger partial charge in [0, 0.05) is 22.7 Å². The Morgan fingerprint density at radius 1 is 1.29 bits per heavy atom. The van der Waals surface area contributed by atoms with Crippen LogP contribution < -0.4 is 5.32 Å². The Hall–Kier alpha value is -0.470. The maximum atomic E-state index is 3.57. The molecule has 0 heterocycles. The molecule has 0 unspecified atom stereocenters. The van der Waals surface area contributed by atoms with Crippen molar-refractivity contribution >= 4 is 11.8 Å². The first-order valence-electron chi connectivity index (χ1n) is 6.80. The summed E-state index contributed by atoms with van der Waals surface area (Å²) in [5.41, 5.74) is 1.42. The number of nitrogens with one attached hydrogen (secondary N) is 1. The number of hydrogen-bond donors (Lipinski definition) is 1. The fraction of sp³-hybridized carbons (Fsp3) is 0.600. The fourth-order valence-corrected chi connectivity index (χ4v) is 3.02. The topological polar surface area (TPSA) is 12.0 Å². The summed E-state index contributed by atoms with van der Waals surface area (Å²) in [7, 11) is 0. The first-order chi connectivity index (χ1) is 8.31. The van der Waals surface area contributed by atoms with E-state index in [1.165, 1.54) is 36.1 Å². The van der Waals surface area contributed by atoms with Crippen LogP contribution in [-0.2, 0) is 6.54 Å². The van der Waals surface area contributed by atoms with E-state index in [9.17, 15) is 0 Å². The Bertz CT molecular complexity index is 343. The van der Waals surface area contributed by atoms with E-state index in [1.54, 1.807) is 0 Å². The Morgan fingerprint density at radius 2 is 2.06 bits per heavy atom. The molecule has 0 saturated heterocycles. The van der Waals surface area contributed by atoms with Crippen LogP contribution in [0.15, 0.2) is 29.2 Å². The Labute approximate surface area is 109 Å². The minimum Gasteiger partial charge on any atom is -0.310 e. The van der Waals surface area contributed by atoms with Crippen LogP contribution in [0.4, 0.5) is 0 Å². The lowest BCUT2D eigenvalue weighted by atomic mass is 10.2. The normalized spacial score (nSPS) is 15.5. The lowest BCUT2D eigenvalue weighted by Gasteiger charge is -2.12. The molecule has 1 nitrogen and oxygen atoms in total. The predicted molar refractivity (Wildman–Crippen MR) is 76.5 cm³/mol. The first-order valence-corrected chi connectivity index (χ1v) is 7.68. The molecule has 1 aliphatic carbocycles. The van der Waals surface area contributed by atoms with Crippen LogP contribution in [0, 0.1) is 0 Å². The highest BCUT2D eigenvalue weighted by atomic mass is 32.2. The largest absolute Gasteiger partial charge is 0.310 e. The van der Waals surface area contributed by atoms with Gasteiger partial charge in [0.1, 0.15) is 0 Å². The molecule has 0 aliphatic heterocycles. The molecule has 0 radical (unpaired) electrons. The zero-order valence-corrected chi connectivity index (χ0v) is 11.7. The molecule has 1 fully saturated rings. The molecule has 17 heavy (non-hydrogen) atoms. The molecule has 0 atom stereocenters. The molecular formula is C15H23NS. The van der Waals surface area contributed by atoms with E-state index in [0.717, 1.165) is 17.8 Å². The third-order valence-electron chi connectivity index (χ3n) is 3.28. The Kier molecular flexibility index (Phi) is 4.93. The van der Waals surface area contributed by atoms with Crippen molar-refractivity contribution in [3.05, 3.63) is 29.8 Å². The van der Waals surface area contributed by atoms with Crippen molar-refractivity contribution in [1.82, 2.24) is 5.32 Å². The van der Waals surface area contributed by atoms with Crippen molar-refractivity contribution in [2.75, 3.05) is 0 Å². The van der Waals surface area contributed by atoms with E-state index in [-0.39, 0.29) is 0 Å². The quantitative estimate of drug-likeness (QED) is 0.726. The van der Waals surface area contributed by atoms with Crippen LogP contribution in [0.1, 0.15) is 45.1 Å². The summed E-state index contributed by atoms with van der Waals surface area (Å²) < 4.78 is 0. The molecule has 0 spiro atoms. The van der Waals surface area contributed by atoms with Crippen LogP contribution in [0.3, 0.4) is 0 Å². The monoisotopic (exact) mass is 249 g/mol. The summed E-state index contributed by atoms with van der Waals surface area (Å²) in [6, 6.07) is 9.80. The van der Waals surface area contributed by atoms with Gasteiger partial charge in [-0.1, -0.05) is 26.0 Å². The number of thioether (sulfide) groups is 1. The maximum Gasteiger partial charge on any atom is 0.0208 e. The average Bonchev–Trinajstić information content (AvgIpc) is 3.18. The minimum absolute atomic E-state index is 0.765. The second kappa shape index (κ2) is 6.46. The molecule has 0 bridgehead atoms. The van der Waals surface area contributed by atoms with E-state index in [0.29, 0.717) is 0 Å². The van der Waals surface area contributed by atoms with Gasteiger partial charge in [-0.3, -0.25) is 0 Å². The molecule has 1 aromatic rings. The number of rotatable bonds is 7. The third-order valence-corrected chi connectivity index (χ3v) is 4.81. The van der Waals surface area contributed by atoms with Crippen LogP contribution >= 0.6 is 11.8 Å². The molecule has 0 amide bonds. The van der Waals surface area contributed by atoms with Crippen LogP contribution in [-0.4, -0.2) is 11.3 Å². The third kappa shape index (κ3) is 4.36. The van der Waals surface area contributed by atoms with E-state index in [4.69, 9.17) is 0 Å². The van der Waals surface area contributed by atoms with Gasteiger partial charge in [-0.05, 0) is 43.4 Å². The zero-order valence-electron chi connectivity index (χ0n) is 10.9. The van der Waals surface area contributed by atoms with Gasteiger partial charge in [-0.25, -0.2) is 0 Å². The summed E-state index contributed by atoms with van der Waals surface area (Å²) in [6.45, 7) is 5.58. The van der Waals surface area contributed by atoms with Crippen LogP contribution in [0.2, 0.25) is 0 Å². The van der Waals surface area contributed by atoms with Crippen molar-refractivity contribution in [2.45, 2.75) is 62.3 Å². The predicted octanol–water partition coefficient (Wildman–Crippen LogP) is 4.22. The minimum atomic E-state index is 0.765. The van der Waals surface area contributed by atoms with Gasteiger partial charge in [0.05, 0.1) is 0 Å². The van der Waals surface area contributed by atoms with Crippen molar-refractivity contribution < 1.29 is 0 Å². The lowest BCUT2D eigenvalue weighted by Crippen LogP contribution is -2.15. The van der Waals surface area contributed by atoms with Gasteiger partial charge in [0.2, 0.25) is 0 Å². The maximum absolute atomic E-state index is 3.57. The smallest absolute Gasteiger partial charge is 0.0208 e. The van der Waals surface area contributed by atoms with E-state index in [1.807, 2.05) is 11.8 Å². The summed E-state index contributed by atoms with van der Waals surface area (Å²) in [5, 5.41) is 4.34. The molecule has 2 rings (SSSR count). The lowest BCUT2D eigenvalue weighted by molar-refractivity contribution is 0.687. The Morgan fingerprint density at radius 3 is 2.71 bits per heavy atom. The van der Waals surface area contributed by atoms with Crippen LogP contribution in [0.5, 0.6) is 0 Å². The first kappa shape index (κ1) is 13.0. The fourth-order valence-electron chi connectivity index (χ4n) is 1.93. The highest BCUT2D eigenvalue weighted by molar-refractivity contribution is 8.00. The van der Waals surface area contributed by atoms with E-state index >= 15 is 0 Å². The van der Waals surface area contributed by atoms with Gasteiger partial charge in [0.15, 0.2) is 0 Å². The van der Waals surface area contributed by atoms with E-state index < -0.39 is 0 Å². The standard InChI is InChI=1S/C15H23NS/c1-3-14(4-2)17-15-7-5-6-12(10-15)11-16-13-8-9-13/h5-7,10,13-14,16H,3-4,8-9,11H2,1-2H3. The zero-order chi connectivity index (χ0) is 12.1. The van der Waals surface area contributed by atoms with Gasteiger partial charge >= 0.3 is 0 Å². The van der Waals surface area contributed by atoms with Crippen molar-refractivity contribution in [2.24, 2.45) is 0 Å². The number of hydrogen-bond acceptors (Lipinski definition) is 2. The van der Waals surface area contributed by atoms with Crippen LogP contribution in [0.25, 0.3) is 0 Å². The highest BCUT2D eigenvalue weighted by Crippen LogP contribution is 2.28. The summed E-state index contributed by atoms with van der Waals surface area (Å²) in [5.74, 6) is 0. The second-order valence-corrected chi connectivity index (χ2v) is 6.23. The van der Waals surface area contributed by atoms with Gasteiger partial charge in [-0.15, -0.1) is 11.8 Å².